The highest BCUT2D eigenvalue weighted by Gasteiger charge is 2.23. The van der Waals surface area contributed by atoms with Crippen molar-refractivity contribution in [3.8, 4) is 0 Å². The van der Waals surface area contributed by atoms with E-state index in [9.17, 15) is 14.4 Å². The van der Waals surface area contributed by atoms with Gasteiger partial charge in [-0.1, -0.05) is 58.3 Å². The van der Waals surface area contributed by atoms with Crippen LogP contribution in [-0.2, 0) is 6.42 Å². The zero-order valence-corrected chi connectivity index (χ0v) is 17.1. The normalized spacial score (nSPS) is 11.4. The maximum atomic E-state index is 12.3. The third kappa shape index (κ3) is 6.07. The lowest BCUT2D eigenvalue weighted by Gasteiger charge is -2.05. The average Bonchev–Trinajstić information content (AvgIpc) is 2.98. The van der Waals surface area contributed by atoms with Crippen molar-refractivity contribution < 1.29 is 13.7 Å². The molecule has 0 aliphatic rings. The molecule has 0 saturated heterocycles. The van der Waals surface area contributed by atoms with E-state index in [1.54, 1.807) is 0 Å². The first-order valence-corrected chi connectivity index (χ1v) is 10.3. The monoisotopic (exact) mass is 393 g/mol. The Hall–Kier alpha value is -2.38. The lowest BCUT2D eigenvalue weighted by molar-refractivity contribution is 0.0938. The minimum Gasteiger partial charge on any atom is -0.395 e. The summed E-state index contributed by atoms with van der Waals surface area (Å²) in [6.07, 6.45) is 11.2. The molecule has 156 valence electrons. The summed E-state index contributed by atoms with van der Waals surface area (Å²) in [5.41, 5.74) is -2.44. The first-order valence-electron chi connectivity index (χ1n) is 10.3. The molecule has 1 N–H and O–H groups in total. The molecule has 0 spiro atoms. The predicted molar refractivity (Wildman–Crippen MR) is 106 cm³/mol. The van der Waals surface area contributed by atoms with Crippen LogP contribution in [0.3, 0.4) is 0 Å². The molecule has 2 heterocycles. The fourth-order valence-corrected chi connectivity index (χ4v) is 3.10. The van der Waals surface area contributed by atoms with Crippen molar-refractivity contribution in [2.45, 2.75) is 91.0 Å². The van der Waals surface area contributed by atoms with Crippen molar-refractivity contribution >= 4 is 11.6 Å². The summed E-state index contributed by atoms with van der Waals surface area (Å²) >= 11 is 0. The van der Waals surface area contributed by atoms with Gasteiger partial charge in [-0.2, -0.15) is 0 Å². The van der Waals surface area contributed by atoms with Crippen molar-refractivity contribution in [1.29, 1.82) is 0 Å². The number of rotatable bonds is 12. The maximum absolute atomic E-state index is 12.3. The molecule has 0 bridgehead atoms. The van der Waals surface area contributed by atoms with E-state index in [0.717, 1.165) is 23.8 Å². The van der Waals surface area contributed by atoms with Gasteiger partial charge in [-0.05, 0) is 20.3 Å². The van der Waals surface area contributed by atoms with E-state index in [1.165, 1.54) is 38.5 Å². The smallest absolute Gasteiger partial charge is 0.395 e. The highest BCUT2D eigenvalue weighted by Crippen LogP contribution is 2.15. The van der Waals surface area contributed by atoms with E-state index in [2.05, 4.69) is 17.2 Å². The Balaban J connectivity index is 2.00. The Morgan fingerprint density at radius 2 is 1.61 bits per heavy atom. The highest BCUT2D eigenvalue weighted by molar-refractivity contribution is 5.97. The van der Waals surface area contributed by atoms with Gasteiger partial charge in [0.1, 0.15) is 0 Å². The van der Waals surface area contributed by atoms with Crippen LogP contribution in [0, 0.1) is 0 Å². The summed E-state index contributed by atoms with van der Waals surface area (Å²) in [6.45, 7) is 5.84. The molecule has 0 unspecified atom stereocenters. The molecule has 0 aliphatic carbocycles. The number of imidazole rings is 1. The van der Waals surface area contributed by atoms with Gasteiger partial charge in [0, 0.05) is 12.5 Å². The first-order chi connectivity index (χ1) is 13.4. The summed E-state index contributed by atoms with van der Waals surface area (Å²) in [4.78, 5) is 39.7. The van der Waals surface area contributed by atoms with E-state index in [-0.39, 0.29) is 17.4 Å². The molecular formula is C20H31N3O5. The molecule has 0 aliphatic heterocycles. The maximum Gasteiger partial charge on any atom is 0.442 e. The predicted octanol–water partition coefficient (Wildman–Crippen LogP) is 3.45. The molecule has 8 heteroatoms. The largest absolute Gasteiger partial charge is 0.442 e. The van der Waals surface area contributed by atoms with Crippen molar-refractivity contribution in [3.63, 3.8) is 0 Å². The van der Waals surface area contributed by atoms with E-state index in [4.69, 9.17) is 8.94 Å². The molecule has 2 rings (SSSR count). The van der Waals surface area contributed by atoms with Gasteiger partial charge in [-0.25, -0.2) is 14.6 Å². The molecule has 0 radical (unpaired) electrons. The third-order valence-corrected chi connectivity index (χ3v) is 4.53. The molecule has 8 nitrogen and oxygen atoms in total. The van der Waals surface area contributed by atoms with Gasteiger partial charge in [0.05, 0.1) is 0 Å². The SMILES string of the molecule is CCCCCCCCCCCc1nc(C(=O)NC(C)C)c2oc(=O)c(=O)on12. The zero-order chi connectivity index (χ0) is 20.5. The summed E-state index contributed by atoms with van der Waals surface area (Å²) in [6, 6.07) is -0.104. The molecule has 0 saturated carbocycles. The van der Waals surface area contributed by atoms with Crippen LogP contribution >= 0.6 is 0 Å². The van der Waals surface area contributed by atoms with Gasteiger partial charge in [-0.15, -0.1) is 4.57 Å². The van der Waals surface area contributed by atoms with Crippen molar-refractivity contribution in [1.82, 2.24) is 14.9 Å². The van der Waals surface area contributed by atoms with Crippen molar-refractivity contribution in [3.05, 3.63) is 32.4 Å². The number of hydrogen-bond donors (Lipinski definition) is 1. The molecule has 0 fully saturated rings. The number of amides is 1. The Morgan fingerprint density at radius 3 is 2.21 bits per heavy atom. The molecule has 1 amide bonds. The number of hydrogen-bond acceptors (Lipinski definition) is 6. The highest BCUT2D eigenvalue weighted by atomic mass is 16.6. The standard InChI is InChI=1S/C20H31N3O5/c1-4-5-6-7-8-9-10-11-12-13-15-22-16(17(24)21-14(2)3)18-23(15)28-20(26)19(25)27-18/h14H,4-13H2,1-3H3,(H,21,24). The Morgan fingerprint density at radius 1 is 1.00 bits per heavy atom. The minimum absolute atomic E-state index is 0.0412. The van der Waals surface area contributed by atoms with E-state index in [1.807, 2.05) is 13.8 Å². The van der Waals surface area contributed by atoms with Gasteiger partial charge >= 0.3 is 11.3 Å². The van der Waals surface area contributed by atoms with Crippen LogP contribution < -0.4 is 16.6 Å². The summed E-state index contributed by atoms with van der Waals surface area (Å²) in [5.74, 6) is -0.0597. The zero-order valence-electron chi connectivity index (χ0n) is 17.1. The van der Waals surface area contributed by atoms with Crippen LogP contribution in [0.4, 0.5) is 0 Å². The fraction of sp³-hybridized carbons (Fsp3) is 0.700. The van der Waals surface area contributed by atoms with Crippen LogP contribution in [-0.4, -0.2) is 21.5 Å². The second kappa shape index (κ2) is 10.8. The summed E-state index contributed by atoms with van der Waals surface area (Å²) in [7, 11) is 0. The second-order valence-corrected chi connectivity index (χ2v) is 7.45. The molecule has 0 aromatic carbocycles. The van der Waals surface area contributed by atoms with Crippen LogP contribution in [0.25, 0.3) is 5.71 Å². The van der Waals surface area contributed by atoms with Crippen LogP contribution in [0.15, 0.2) is 18.5 Å². The lowest BCUT2D eigenvalue weighted by Crippen LogP contribution is -2.31. The van der Waals surface area contributed by atoms with Crippen LogP contribution in [0.1, 0.15) is 94.9 Å². The molecule has 2 aromatic heterocycles. The van der Waals surface area contributed by atoms with Crippen LogP contribution in [0.2, 0.25) is 0 Å². The van der Waals surface area contributed by atoms with E-state index >= 15 is 0 Å². The number of carbonyl (C=O) groups excluding carboxylic acids is 1. The fourth-order valence-electron chi connectivity index (χ4n) is 3.10. The van der Waals surface area contributed by atoms with Gasteiger partial charge < -0.3 is 14.3 Å². The molecule has 2 aromatic rings. The quantitative estimate of drug-likeness (QED) is 0.437. The second-order valence-electron chi connectivity index (χ2n) is 7.45. The van der Waals surface area contributed by atoms with Crippen molar-refractivity contribution in [2.24, 2.45) is 0 Å². The first kappa shape index (κ1) is 21.9. The number of aromatic nitrogens is 2. The van der Waals surface area contributed by atoms with E-state index in [0.29, 0.717) is 12.2 Å². The Bertz CT molecular complexity index is 878. The number of nitrogens with zero attached hydrogens (tertiary/aromatic N) is 2. The molecule has 28 heavy (non-hydrogen) atoms. The Labute approximate surface area is 164 Å². The number of unbranched alkanes of at least 4 members (excludes halogenated alkanes) is 8. The van der Waals surface area contributed by atoms with Gasteiger partial charge in [-0.3, -0.25) is 4.79 Å². The van der Waals surface area contributed by atoms with Crippen LogP contribution in [0.5, 0.6) is 0 Å². The Kier molecular flexibility index (Phi) is 8.47. The van der Waals surface area contributed by atoms with Crippen molar-refractivity contribution in [2.75, 3.05) is 0 Å². The molecular weight excluding hydrogens is 362 g/mol. The number of aryl methyl sites for hydroxylation is 1. The van der Waals surface area contributed by atoms with Gasteiger partial charge in [0.25, 0.3) is 11.6 Å². The number of nitrogens with one attached hydrogen (secondary N) is 1. The minimum atomic E-state index is -1.15. The molecule has 0 atom stereocenters. The number of fused-ring (bicyclic) bond motifs is 1. The van der Waals surface area contributed by atoms with E-state index < -0.39 is 17.2 Å². The van der Waals surface area contributed by atoms with Gasteiger partial charge in [0.15, 0.2) is 11.5 Å². The lowest BCUT2D eigenvalue weighted by atomic mass is 10.1. The van der Waals surface area contributed by atoms with Gasteiger partial charge in [0.2, 0.25) is 0 Å². The number of carbonyl (C=O) groups is 1. The summed E-state index contributed by atoms with van der Waals surface area (Å²) in [5, 5.41) is 2.71. The topological polar surface area (TPSA) is 107 Å². The summed E-state index contributed by atoms with van der Waals surface area (Å²) < 4.78 is 11.1. The third-order valence-electron chi connectivity index (χ3n) is 4.53. The average molecular weight is 393 g/mol.